The van der Waals surface area contributed by atoms with E-state index in [1.54, 1.807) is 12.1 Å². The Labute approximate surface area is 169 Å². The van der Waals surface area contributed by atoms with Crippen LogP contribution in [0, 0.1) is 13.8 Å². The fourth-order valence-electron chi connectivity index (χ4n) is 2.65. The highest BCUT2D eigenvalue weighted by Gasteiger charge is 2.13. The van der Waals surface area contributed by atoms with Crippen LogP contribution >= 0.6 is 11.8 Å². The maximum Gasteiger partial charge on any atom is 0.306 e. The maximum atomic E-state index is 12.0. The molecular formula is C20H26N4O3S. The van der Waals surface area contributed by atoms with Crippen molar-refractivity contribution in [1.82, 2.24) is 9.97 Å². The van der Waals surface area contributed by atoms with Crippen LogP contribution in [0.4, 0.5) is 11.4 Å². The van der Waals surface area contributed by atoms with Gasteiger partial charge in [0.25, 0.3) is 5.91 Å². The molecule has 1 amide bonds. The van der Waals surface area contributed by atoms with Crippen LogP contribution in [0.3, 0.4) is 0 Å². The van der Waals surface area contributed by atoms with Crippen LogP contribution in [0.25, 0.3) is 0 Å². The Morgan fingerprint density at radius 1 is 1.11 bits per heavy atom. The molecule has 0 radical (unpaired) electrons. The second-order valence-corrected chi connectivity index (χ2v) is 7.28. The highest BCUT2D eigenvalue weighted by molar-refractivity contribution is 7.98. The monoisotopic (exact) mass is 402 g/mol. The summed E-state index contributed by atoms with van der Waals surface area (Å²) in [5.74, 6) is -0.795. The molecule has 0 fully saturated rings. The van der Waals surface area contributed by atoms with Gasteiger partial charge in [-0.25, -0.2) is 9.97 Å². The summed E-state index contributed by atoms with van der Waals surface area (Å²) in [6.07, 6.45) is 2.58. The highest BCUT2D eigenvalue weighted by atomic mass is 32.2. The molecule has 150 valence electrons. The lowest BCUT2D eigenvalue weighted by Crippen LogP contribution is -2.21. The van der Waals surface area contributed by atoms with Crippen LogP contribution < -0.4 is 10.2 Å². The van der Waals surface area contributed by atoms with Crippen LogP contribution in [0.2, 0.25) is 0 Å². The number of ether oxygens (including phenoxy) is 1. The summed E-state index contributed by atoms with van der Waals surface area (Å²) in [5.41, 5.74) is 4.36. The van der Waals surface area contributed by atoms with E-state index >= 15 is 0 Å². The van der Waals surface area contributed by atoms with Gasteiger partial charge >= 0.3 is 5.97 Å². The normalized spacial score (nSPS) is 10.5. The van der Waals surface area contributed by atoms with Crippen LogP contribution in [0.1, 0.15) is 23.4 Å². The molecule has 1 N–H and O–H groups in total. The first-order valence-electron chi connectivity index (χ1n) is 8.91. The van der Waals surface area contributed by atoms with Gasteiger partial charge in [0.15, 0.2) is 11.8 Å². The standard InChI is InChI=1S/C20H26N4O3S/c1-13-17(14(2)22-20(21-13)28-5)10-11-19(26)27-12-18(25)23-15-6-8-16(9-7-15)24(3)4/h6-9H,10-12H2,1-5H3,(H,23,25). The van der Waals surface area contributed by atoms with Crippen LogP contribution in [-0.2, 0) is 20.7 Å². The molecule has 1 aromatic heterocycles. The van der Waals surface area contributed by atoms with Gasteiger partial charge in [0.2, 0.25) is 0 Å². The number of carbonyl (C=O) groups excluding carboxylic acids is 2. The number of amides is 1. The SMILES string of the molecule is CSc1nc(C)c(CCC(=O)OCC(=O)Nc2ccc(N(C)C)cc2)c(C)n1. The van der Waals surface area contributed by atoms with Crippen molar-refractivity contribution >= 4 is 35.0 Å². The number of aromatic nitrogens is 2. The van der Waals surface area contributed by atoms with Crippen molar-refractivity contribution in [3.8, 4) is 0 Å². The average Bonchev–Trinajstić information content (AvgIpc) is 2.66. The number of benzene rings is 1. The summed E-state index contributed by atoms with van der Waals surface area (Å²) >= 11 is 1.48. The Bertz CT molecular complexity index is 815. The van der Waals surface area contributed by atoms with E-state index < -0.39 is 5.97 Å². The number of hydrogen-bond donors (Lipinski definition) is 1. The summed E-state index contributed by atoms with van der Waals surface area (Å²) in [7, 11) is 3.89. The lowest BCUT2D eigenvalue weighted by atomic mass is 10.1. The number of nitrogens with zero attached hydrogens (tertiary/aromatic N) is 3. The molecule has 0 aliphatic carbocycles. The van der Waals surface area contributed by atoms with Gasteiger partial charge in [-0.05, 0) is 56.4 Å². The molecule has 28 heavy (non-hydrogen) atoms. The lowest BCUT2D eigenvalue weighted by Gasteiger charge is -2.13. The molecule has 0 aliphatic heterocycles. The third kappa shape index (κ3) is 6.23. The van der Waals surface area contributed by atoms with E-state index in [0.29, 0.717) is 12.1 Å². The summed E-state index contributed by atoms with van der Waals surface area (Å²) in [4.78, 5) is 34.7. The van der Waals surface area contributed by atoms with Gasteiger partial charge in [-0.2, -0.15) is 0 Å². The molecule has 8 heteroatoms. The molecule has 1 aromatic carbocycles. The lowest BCUT2D eigenvalue weighted by molar-refractivity contribution is -0.147. The Balaban J connectivity index is 1.80. The number of hydrogen-bond acceptors (Lipinski definition) is 7. The minimum absolute atomic E-state index is 0.175. The highest BCUT2D eigenvalue weighted by Crippen LogP contribution is 2.18. The summed E-state index contributed by atoms with van der Waals surface area (Å²) < 4.78 is 5.08. The number of aryl methyl sites for hydroxylation is 2. The number of anilines is 2. The molecule has 0 saturated carbocycles. The third-order valence-corrected chi connectivity index (χ3v) is 4.74. The molecule has 0 spiro atoms. The molecule has 7 nitrogen and oxygen atoms in total. The van der Waals surface area contributed by atoms with E-state index in [1.807, 2.05) is 51.2 Å². The third-order valence-electron chi connectivity index (χ3n) is 4.19. The zero-order valence-electron chi connectivity index (χ0n) is 16.9. The number of carbonyl (C=O) groups is 2. The van der Waals surface area contributed by atoms with Gasteiger partial charge in [0.05, 0.1) is 0 Å². The van der Waals surface area contributed by atoms with Crippen LogP contribution in [0.5, 0.6) is 0 Å². The van der Waals surface area contributed by atoms with Crippen molar-refractivity contribution in [3.05, 3.63) is 41.2 Å². The summed E-state index contributed by atoms with van der Waals surface area (Å²) in [6.45, 7) is 3.50. The van der Waals surface area contributed by atoms with Gasteiger partial charge in [0.1, 0.15) is 0 Å². The van der Waals surface area contributed by atoms with E-state index in [4.69, 9.17) is 4.74 Å². The summed E-state index contributed by atoms with van der Waals surface area (Å²) in [6, 6.07) is 7.41. The smallest absolute Gasteiger partial charge is 0.306 e. The van der Waals surface area contributed by atoms with Crippen molar-refractivity contribution in [2.75, 3.05) is 37.2 Å². The largest absolute Gasteiger partial charge is 0.456 e. The van der Waals surface area contributed by atoms with Gasteiger partial charge in [-0.15, -0.1) is 0 Å². The first-order valence-corrected chi connectivity index (χ1v) is 10.1. The minimum Gasteiger partial charge on any atom is -0.456 e. The molecule has 1 heterocycles. The van der Waals surface area contributed by atoms with Crippen molar-refractivity contribution in [2.45, 2.75) is 31.8 Å². The topological polar surface area (TPSA) is 84.4 Å². The second kappa shape index (κ2) is 10.1. The van der Waals surface area contributed by atoms with Gasteiger partial charge in [-0.3, -0.25) is 9.59 Å². The number of thioether (sulfide) groups is 1. The number of rotatable bonds is 8. The zero-order chi connectivity index (χ0) is 20.7. The van der Waals surface area contributed by atoms with Crippen LogP contribution in [0.15, 0.2) is 29.4 Å². The molecule has 0 atom stereocenters. The molecule has 2 aromatic rings. The fourth-order valence-corrected chi connectivity index (χ4v) is 3.10. The quantitative estimate of drug-likeness (QED) is 0.413. The van der Waals surface area contributed by atoms with Crippen molar-refractivity contribution in [3.63, 3.8) is 0 Å². The van der Waals surface area contributed by atoms with Gasteiger partial charge in [0, 0.05) is 43.3 Å². The molecule has 0 bridgehead atoms. The van der Waals surface area contributed by atoms with E-state index in [-0.39, 0.29) is 18.9 Å². The van der Waals surface area contributed by atoms with E-state index in [0.717, 1.165) is 27.8 Å². The molecule has 0 saturated heterocycles. The zero-order valence-corrected chi connectivity index (χ0v) is 17.7. The van der Waals surface area contributed by atoms with Crippen molar-refractivity contribution in [1.29, 1.82) is 0 Å². The molecular weight excluding hydrogens is 376 g/mol. The Kier molecular flexibility index (Phi) is 7.80. The number of esters is 1. The predicted molar refractivity (Wildman–Crippen MR) is 112 cm³/mol. The Hall–Kier alpha value is -2.61. The van der Waals surface area contributed by atoms with E-state index in [2.05, 4.69) is 15.3 Å². The first-order chi connectivity index (χ1) is 13.3. The van der Waals surface area contributed by atoms with Crippen LogP contribution in [-0.4, -0.2) is 48.8 Å². The van der Waals surface area contributed by atoms with E-state index in [1.165, 1.54) is 11.8 Å². The summed E-state index contributed by atoms with van der Waals surface area (Å²) in [5, 5.41) is 3.43. The molecule has 0 unspecified atom stereocenters. The average molecular weight is 403 g/mol. The van der Waals surface area contributed by atoms with Gasteiger partial charge < -0.3 is 15.0 Å². The molecule has 0 aliphatic rings. The molecule has 2 rings (SSSR count). The Morgan fingerprint density at radius 3 is 2.25 bits per heavy atom. The minimum atomic E-state index is -0.425. The van der Waals surface area contributed by atoms with Crippen molar-refractivity contribution < 1.29 is 14.3 Å². The Morgan fingerprint density at radius 2 is 1.71 bits per heavy atom. The van der Waals surface area contributed by atoms with E-state index in [9.17, 15) is 9.59 Å². The maximum absolute atomic E-state index is 12.0. The fraction of sp³-hybridized carbons (Fsp3) is 0.400. The first kappa shape index (κ1) is 21.7. The van der Waals surface area contributed by atoms with Crippen molar-refractivity contribution in [2.24, 2.45) is 0 Å². The van der Waals surface area contributed by atoms with Gasteiger partial charge in [-0.1, -0.05) is 11.8 Å². The number of nitrogens with one attached hydrogen (secondary N) is 1. The predicted octanol–water partition coefficient (Wildman–Crippen LogP) is 3.00. The second-order valence-electron chi connectivity index (χ2n) is 6.51.